The standard InChI is InChI=1S/C16H26N2O2/c1-4-14(5-2)13-17(6-3)16(20)10-12-18-11-8-7-9-15(18)19/h7-9,11,14H,4-6,10,12-13H2,1-3H3. The number of nitrogens with zero attached hydrogens (tertiary/aromatic N) is 2. The zero-order valence-electron chi connectivity index (χ0n) is 12.8. The maximum atomic E-state index is 12.2. The van der Waals surface area contributed by atoms with Crippen LogP contribution in [0.4, 0.5) is 0 Å². The topological polar surface area (TPSA) is 42.3 Å². The van der Waals surface area contributed by atoms with E-state index in [4.69, 9.17) is 0 Å². The van der Waals surface area contributed by atoms with Crippen LogP contribution in [-0.2, 0) is 11.3 Å². The summed E-state index contributed by atoms with van der Waals surface area (Å²) >= 11 is 0. The number of amides is 1. The van der Waals surface area contributed by atoms with E-state index in [1.165, 1.54) is 6.07 Å². The number of aryl methyl sites for hydroxylation is 1. The molecule has 0 spiro atoms. The monoisotopic (exact) mass is 278 g/mol. The van der Waals surface area contributed by atoms with Crippen LogP contribution in [0.2, 0.25) is 0 Å². The molecule has 0 saturated carbocycles. The largest absolute Gasteiger partial charge is 0.343 e. The highest BCUT2D eigenvalue weighted by molar-refractivity contribution is 5.76. The van der Waals surface area contributed by atoms with Gasteiger partial charge in [-0.3, -0.25) is 9.59 Å². The molecule has 112 valence electrons. The van der Waals surface area contributed by atoms with E-state index in [0.717, 1.165) is 25.9 Å². The van der Waals surface area contributed by atoms with Gasteiger partial charge in [-0.15, -0.1) is 0 Å². The lowest BCUT2D eigenvalue weighted by Gasteiger charge is -2.25. The fraction of sp³-hybridized carbons (Fsp3) is 0.625. The summed E-state index contributed by atoms with van der Waals surface area (Å²) in [6, 6.07) is 5.05. The van der Waals surface area contributed by atoms with Crippen molar-refractivity contribution in [3.05, 3.63) is 34.7 Å². The Morgan fingerprint density at radius 3 is 2.50 bits per heavy atom. The van der Waals surface area contributed by atoms with E-state index in [2.05, 4.69) is 13.8 Å². The predicted octanol–water partition coefficient (Wildman–Crippen LogP) is 2.52. The van der Waals surface area contributed by atoms with Gasteiger partial charge in [0.25, 0.3) is 5.56 Å². The molecule has 0 aliphatic rings. The number of hydrogen-bond donors (Lipinski definition) is 0. The molecule has 1 aromatic heterocycles. The van der Waals surface area contributed by atoms with Crippen molar-refractivity contribution < 1.29 is 4.79 Å². The highest BCUT2D eigenvalue weighted by Gasteiger charge is 2.15. The molecule has 0 saturated heterocycles. The Morgan fingerprint density at radius 1 is 1.25 bits per heavy atom. The minimum absolute atomic E-state index is 0.0525. The molecule has 0 N–H and O–H groups in total. The molecule has 4 heteroatoms. The summed E-state index contributed by atoms with van der Waals surface area (Å²) in [5, 5.41) is 0. The first-order chi connectivity index (χ1) is 9.62. The summed E-state index contributed by atoms with van der Waals surface area (Å²) < 4.78 is 1.59. The van der Waals surface area contributed by atoms with Crippen LogP contribution in [0.25, 0.3) is 0 Å². The SMILES string of the molecule is CCC(CC)CN(CC)C(=O)CCn1ccccc1=O. The second-order valence-electron chi connectivity index (χ2n) is 5.10. The lowest BCUT2D eigenvalue weighted by Crippen LogP contribution is -2.36. The van der Waals surface area contributed by atoms with Gasteiger partial charge in [-0.1, -0.05) is 32.8 Å². The minimum atomic E-state index is -0.0525. The molecular weight excluding hydrogens is 252 g/mol. The summed E-state index contributed by atoms with van der Waals surface area (Å²) in [7, 11) is 0. The van der Waals surface area contributed by atoms with Crippen molar-refractivity contribution in [1.29, 1.82) is 0 Å². The predicted molar refractivity (Wildman–Crippen MR) is 81.6 cm³/mol. The number of rotatable bonds is 8. The number of aromatic nitrogens is 1. The third-order valence-corrected chi connectivity index (χ3v) is 3.83. The number of carbonyl (C=O) groups is 1. The van der Waals surface area contributed by atoms with E-state index >= 15 is 0 Å². The fourth-order valence-corrected chi connectivity index (χ4v) is 2.29. The third kappa shape index (κ3) is 4.83. The van der Waals surface area contributed by atoms with Gasteiger partial charge in [-0.25, -0.2) is 0 Å². The Kier molecular flexibility index (Phi) is 7.05. The first kappa shape index (κ1) is 16.5. The first-order valence-corrected chi connectivity index (χ1v) is 7.55. The van der Waals surface area contributed by atoms with Gasteiger partial charge in [0.05, 0.1) is 0 Å². The van der Waals surface area contributed by atoms with Crippen LogP contribution in [0.3, 0.4) is 0 Å². The van der Waals surface area contributed by atoms with Crippen LogP contribution >= 0.6 is 0 Å². The Labute approximate surface area is 121 Å². The van der Waals surface area contributed by atoms with Gasteiger partial charge in [0, 0.05) is 38.3 Å². The van der Waals surface area contributed by atoms with E-state index < -0.39 is 0 Å². The van der Waals surface area contributed by atoms with Gasteiger partial charge in [0.1, 0.15) is 0 Å². The Hall–Kier alpha value is -1.58. The second-order valence-corrected chi connectivity index (χ2v) is 5.10. The maximum Gasteiger partial charge on any atom is 0.250 e. The molecule has 0 bridgehead atoms. The van der Waals surface area contributed by atoms with Crippen LogP contribution in [0.15, 0.2) is 29.2 Å². The quantitative estimate of drug-likeness (QED) is 0.733. The Balaban J connectivity index is 2.55. The maximum absolute atomic E-state index is 12.2. The lowest BCUT2D eigenvalue weighted by atomic mass is 10.0. The smallest absolute Gasteiger partial charge is 0.250 e. The van der Waals surface area contributed by atoms with Gasteiger partial charge in [-0.2, -0.15) is 0 Å². The second kappa shape index (κ2) is 8.56. The van der Waals surface area contributed by atoms with Crippen LogP contribution in [-0.4, -0.2) is 28.5 Å². The molecule has 1 rings (SSSR count). The van der Waals surface area contributed by atoms with E-state index in [9.17, 15) is 9.59 Å². The van der Waals surface area contributed by atoms with Gasteiger partial charge >= 0.3 is 0 Å². The normalized spacial score (nSPS) is 10.8. The summed E-state index contributed by atoms with van der Waals surface area (Å²) in [4.78, 5) is 25.7. The van der Waals surface area contributed by atoms with Gasteiger partial charge in [0.2, 0.25) is 5.91 Å². The molecule has 1 heterocycles. The average molecular weight is 278 g/mol. The highest BCUT2D eigenvalue weighted by Crippen LogP contribution is 2.10. The van der Waals surface area contributed by atoms with Crippen molar-refractivity contribution in [2.45, 2.75) is 46.6 Å². The number of pyridine rings is 1. The third-order valence-electron chi connectivity index (χ3n) is 3.83. The zero-order valence-corrected chi connectivity index (χ0v) is 12.8. The van der Waals surface area contributed by atoms with Crippen LogP contribution in [0.1, 0.15) is 40.0 Å². The van der Waals surface area contributed by atoms with E-state index in [1.54, 1.807) is 16.8 Å². The highest BCUT2D eigenvalue weighted by atomic mass is 16.2. The first-order valence-electron chi connectivity index (χ1n) is 7.55. The molecule has 20 heavy (non-hydrogen) atoms. The number of carbonyl (C=O) groups excluding carboxylic acids is 1. The molecule has 0 aliphatic heterocycles. The van der Waals surface area contributed by atoms with Crippen molar-refractivity contribution in [3.8, 4) is 0 Å². The molecule has 1 amide bonds. The molecule has 0 fully saturated rings. The van der Waals surface area contributed by atoms with Crippen LogP contribution < -0.4 is 5.56 Å². The summed E-state index contributed by atoms with van der Waals surface area (Å²) in [5.41, 5.74) is -0.0525. The number of hydrogen-bond acceptors (Lipinski definition) is 2. The Bertz CT molecular complexity index is 464. The molecule has 0 atom stereocenters. The van der Waals surface area contributed by atoms with Crippen LogP contribution in [0.5, 0.6) is 0 Å². The fourth-order valence-electron chi connectivity index (χ4n) is 2.29. The van der Waals surface area contributed by atoms with Crippen LogP contribution in [0, 0.1) is 5.92 Å². The summed E-state index contributed by atoms with van der Waals surface area (Å²) in [6.07, 6.45) is 4.31. The summed E-state index contributed by atoms with van der Waals surface area (Å²) in [6.45, 7) is 8.35. The molecule has 4 nitrogen and oxygen atoms in total. The van der Waals surface area contributed by atoms with Crippen molar-refractivity contribution in [2.24, 2.45) is 5.92 Å². The van der Waals surface area contributed by atoms with Gasteiger partial charge in [-0.05, 0) is 18.9 Å². The van der Waals surface area contributed by atoms with E-state index in [0.29, 0.717) is 18.9 Å². The van der Waals surface area contributed by atoms with E-state index in [1.807, 2.05) is 17.9 Å². The van der Waals surface area contributed by atoms with Crippen molar-refractivity contribution in [1.82, 2.24) is 9.47 Å². The van der Waals surface area contributed by atoms with Crippen molar-refractivity contribution in [2.75, 3.05) is 13.1 Å². The van der Waals surface area contributed by atoms with Crippen molar-refractivity contribution >= 4 is 5.91 Å². The average Bonchev–Trinajstić information content (AvgIpc) is 2.47. The van der Waals surface area contributed by atoms with Gasteiger partial charge < -0.3 is 9.47 Å². The van der Waals surface area contributed by atoms with Gasteiger partial charge in [0.15, 0.2) is 0 Å². The Morgan fingerprint density at radius 2 is 1.95 bits per heavy atom. The summed E-state index contributed by atoms with van der Waals surface area (Å²) in [5.74, 6) is 0.702. The van der Waals surface area contributed by atoms with E-state index in [-0.39, 0.29) is 11.5 Å². The molecule has 0 aliphatic carbocycles. The zero-order chi connectivity index (χ0) is 15.0. The molecule has 0 aromatic carbocycles. The molecule has 0 radical (unpaired) electrons. The van der Waals surface area contributed by atoms with Crippen molar-refractivity contribution in [3.63, 3.8) is 0 Å². The molecule has 0 unspecified atom stereocenters. The lowest BCUT2D eigenvalue weighted by molar-refractivity contribution is -0.131. The molecular formula is C16H26N2O2. The molecule has 1 aromatic rings. The minimum Gasteiger partial charge on any atom is -0.343 e.